The average Bonchev–Trinajstić information content (AvgIpc) is 3.01. The van der Waals surface area contributed by atoms with E-state index in [0.29, 0.717) is 0 Å². The van der Waals surface area contributed by atoms with E-state index in [1.165, 1.54) is 5.32 Å². The van der Waals surface area contributed by atoms with Gasteiger partial charge in [-0.05, 0) is 48.0 Å². The second kappa shape index (κ2) is 17.4. The average molecular weight is 781 g/mol. The molecule has 12 N–H and O–H groups in total. The number of amides is 3. The summed E-state index contributed by atoms with van der Waals surface area (Å²) in [7, 11) is 0. The van der Waals surface area contributed by atoms with Crippen LogP contribution in [0, 0.1) is 0 Å². The maximum absolute atomic E-state index is 13.0. The minimum absolute atomic E-state index is 0.327. The first kappa shape index (κ1) is 44.7. The topological polar surface area (TPSA) is 310 Å². The Bertz CT molecular complexity index is 1260. The summed E-state index contributed by atoms with van der Waals surface area (Å²) in [5.74, 6) is -2.53. The van der Waals surface area contributed by atoms with Crippen LogP contribution in [0.4, 0.5) is 22.8 Å². The van der Waals surface area contributed by atoms with E-state index in [-0.39, 0.29) is 6.42 Å². The molecule has 15 atom stereocenters. The minimum atomic E-state index is -5.42. The predicted molar refractivity (Wildman–Crippen MR) is 168 cm³/mol. The van der Waals surface area contributed by atoms with Gasteiger partial charge in [0.25, 0.3) is 0 Å². The summed E-state index contributed by atoms with van der Waals surface area (Å²) in [5.41, 5.74) is 4.41. The number of alkyl halides is 3. The number of nitrogens with two attached hydrogens (primary N) is 1. The van der Waals surface area contributed by atoms with Gasteiger partial charge in [0.2, 0.25) is 0 Å². The van der Waals surface area contributed by atoms with Crippen LogP contribution in [0.1, 0.15) is 48.0 Å². The summed E-state index contributed by atoms with van der Waals surface area (Å²) >= 11 is 0. The van der Waals surface area contributed by atoms with Crippen LogP contribution in [-0.4, -0.2) is 176 Å². The number of rotatable bonds is 9. The van der Waals surface area contributed by atoms with Gasteiger partial charge in [0, 0.05) is 12.6 Å². The van der Waals surface area contributed by atoms with Crippen molar-refractivity contribution in [2.75, 3.05) is 13.2 Å². The van der Waals surface area contributed by atoms with Gasteiger partial charge < -0.3 is 85.9 Å². The van der Waals surface area contributed by atoms with Crippen molar-refractivity contribution in [3.8, 4) is 0 Å². The number of halogens is 3. The van der Waals surface area contributed by atoms with Gasteiger partial charge in [-0.3, -0.25) is 4.79 Å². The Morgan fingerprint density at radius 1 is 0.717 bits per heavy atom. The molecule has 0 aromatic carbocycles. The zero-order valence-corrected chi connectivity index (χ0v) is 29.8. The Morgan fingerprint density at radius 2 is 1.25 bits per heavy atom. The lowest BCUT2D eigenvalue weighted by Crippen LogP contribution is -2.70. The van der Waals surface area contributed by atoms with Gasteiger partial charge in [-0.1, -0.05) is 0 Å². The molecule has 2 aliphatic heterocycles. The fraction of sp³-hybridized carbons (Fsp3) is 0.900. The first-order valence-corrected chi connectivity index (χ1v) is 16.6. The summed E-state index contributed by atoms with van der Waals surface area (Å²) in [4.78, 5) is 36.7. The number of carbonyl (C=O) groups excluding carboxylic acids is 3. The van der Waals surface area contributed by atoms with Crippen molar-refractivity contribution in [1.82, 2.24) is 16.0 Å². The molecular formula is C30H51F3N4O16. The molecule has 3 aliphatic rings. The van der Waals surface area contributed by atoms with Crippen molar-refractivity contribution in [1.29, 1.82) is 0 Å². The van der Waals surface area contributed by atoms with Crippen LogP contribution in [0.25, 0.3) is 0 Å². The van der Waals surface area contributed by atoms with E-state index in [2.05, 4.69) is 10.6 Å². The highest BCUT2D eigenvalue weighted by Crippen LogP contribution is 2.33. The van der Waals surface area contributed by atoms with E-state index in [4.69, 9.17) is 34.2 Å². The molecule has 308 valence electrons. The highest BCUT2D eigenvalue weighted by atomic mass is 19.4. The molecule has 0 aromatic heterocycles. The van der Waals surface area contributed by atoms with Crippen molar-refractivity contribution >= 4 is 18.1 Å². The van der Waals surface area contributed by atoms with Crippen LogP contribution in [0.5, 0.6) is 0 Å². The molecule has 1 saturated carbocycles. The molecule has 0 radical (unpaired) electrons. The van der Waals surface area contributed by atoms with E-state index < -0.39 is 140 Å². The largest absolute Gasteiger partial charge is 0.471 e. The fourth-order valence-corrected chi connectivity index (χ4v) is 5.81. The van der Waals surface area contributed by atoms with Crippen LogP contribution in [0.15, 0.2) is 0 Å². The lowest BCUT2D eigenvalue weighted by atomic mass is 9.83. The normalized spacial score (nSPS) is 38.4. The van der Waals surface area contributed by atoms with E-state index in [9.17, 15) is 63.3 Å². The molecule has 3 rings (SSSR count). The van der Waals surface area contributed by atoms with E-state index >= 15 is 0 Å². The highest BCUT2D eigenvalue weighted by molar-refractivity contribution is 5.82. The number of hydrogen-bond acceptors (Lipinski definition) is 17. The van der Waals surface area contributed by atoms with Gasteiger partial charge in [-0.25, -0.2) is 9.59 Å². The summed E-state index contributed by atoms with van der Waals surface area (Å²) in [5, 5.41) is 80.9. The third-order valence-electron chi connectivity index (χ3n) is 8.26. The van der Waals surface area contributed by atoms with Gasteiger partial charge in [-0.15, -0.1) is 0 Å². The molecule has 3 amide bonds. The summed E-state index contributed by atoms with van der Waals surface area (Å²) in [6, 6.07) is -4.68. The minimum Gasteiger partial charge on any atom is -0.444 e. The summed E-state index contributed by atoms with van der Waals surface area (Å²) in [6.45, 7) is 8.00. The van der Waals surface area contributed by atoms with Crippen molar-refractivity contribution in [3.05, 3.63) is 0 Å². The third kappa shape index (κ3) is 11.9. The molecule has 20 nitrogen and oxygen atoms in total. The standard InChI is InChI=1S/C30H51F3N4O16/c1-28(2,3)52-26(46)35-8-12-16(40)18(42)19(43)24(48-12)51-22-11(36-27(47)53-29(4,5)6)7-10(34)21(20(22)44)50-23-17(41)14(15(39)13(9-38)49-23)37-25(45)30(31,32)33/h10-24,38-44H,7-9,34H2,1-6H3,(H,35,46)(H,36,47)(H,37,45)/t10-,11?,12?,13?,14+,15-,16+,17?,18?,19-,20?,21+,22+,23-,24+/m1/s1. The number of aliphatic hydroxyl groups is 7. The summed E-state index contributed by atoms with van der Waals surface area (Å²) in [6.07, 6.45) is -30.2. The van der Waals surface area contributed by atoms with Gasteiger partial charge >= 0.3 is 24.3 Å². The molecule has 0 aromatic rings. The zero-order chi connectivity index (χ0) is 40.4. The number of ether oxygens (including phenoxy) is 6. The molecule has 3 fully saturated rings. The second-order valence-corrected chi connectivity index (χ2v) is 14.9. The number of aliphatic hydroxyl groups excluding tert-OH is 7. The molecule has 53 heavy (non-hydrogen) atoms. The third-order valence-corrected chi connectivity index (χ3v) is 8.26. The second-order valence-electron chi connectivity index (χ2n) is 14.9. The van der Waals surface area contributed by atoms with Crippen molar-refractivity contribution in [2.45, 2.75) is 157 Å². The van der Waals surface area contributed by atoms with Gasteiger partial charge in [0.1, 0.15) is 72.2 Å². The quantitative estimate of drug-likeness (QED) is 0.108. The number of hydrogen-bond donors (Lipinski definition) is 11. The summed E-state index contributed by atoms with van der Waals surface area (Å²) < 4.78 is 72.1. The molecule has 2 saturated heterocycles. The number of alkyl carbamates (subject to hydrolysis) is 2. The molecule has 0 spiro atoms. The van der Waals surface area contributed by atoms with E-state index in [1.54, 1.807) is 41.5 Å². The van der Waals surface area contributed by atoms with Crippen molar-refractivity contribution in [2.24, 2.45) is 5.73 Å². The molecular weight excluding hydrogens is 729 g/mol. The van der Waals surface area contributed by atoms with Crippen LogP contribution in [0.3, 0.4) is 0 Å². The maximum atomic E-state index is 13.0. The lowest BCUT2D eigenvalue weighted by Gasteiger charge is -2.49. The van der Waals surface area contributed by atoms with Gasteiger partial charge in [-0.2, -0.15) is 13.2 Å². The van der Waals surface area contributed by atoms with Crippen LogP contribution in [0.2, 0.25) is 0 Å². The van der Waals surface area contributed by atoms with Crippen LogP contribution < -0.4 is 21.7 Å². The van der Waals surface area contributed by atoms with E-state index in [0.717, 1.165) is 0 Å². The predicted octanol–water partition coefficient (Wildman–Crippen LogP) is -3.44. The van der Waals surface area contributed by atoms with Crippen molar-refractivity contribution in [3.63, 3.8) is 0 Å². The number of nitrogens with one attached hydrogen (secondary N) is 3. The molecule has 2 heterocycles. The molecule has 0 bridgehead atoms. The first-order chi connectivity index (χ1) is 24.2. The van der Waals surface area contributed by atoms with Gasteiger partial charge in [0.15, 0.2) is 12.6 Å². The zero-order valence-electron chi connectivity index (χ0n) is 29.8. The lowest BCUT2D eigenvalue weighted by molar-refractivity contribution is -0.333. The van der Waals surface area contributed by atoms with Crippen LogP contribution >= 0.6 is 0 Å². The Morgan fingerprint density at radius 3 is 1.79 bits per heavy atom. The molecule has 23 heteroatoms. The smallest absolute Gasteiger partial charge is 0.444 e. The monoisotopic (exact) mass is 780 g/mol. The highest BCUT2D eigenvalue weighted by Gasteiger charge is 2.54. The Kier molecular flexibility index (Phi) is 14.7. The van der Waals surface area contributed by atoms with E-state index in [1.807, 2.05) is 0 Å². The SMILES string of the molecule is CC(C)(C)OC(=O)NCC1O[C@@H](O[C@H]2C(NC(=O)OC(C)(C)C)C[C@@H](N)[C@H](O[C@H]3OC(CO)[C@@H](O)[C@H](NC(=O)C(F)(F)F)C3O)C2O)[C@H](O)C(O)[C@H]1O. The maximum Gasteiger partial charge on any atom is 0.471 e. The Hall–Kier alpha value is -2.68. The fourth-order valence-electron chi connectivity index (χ4n) is 5.81. The van der Waals surface area contributed by atoms with Gasteiger partial charge in [0.05, 0.1) is 18.7 Å². The molecule has 1 aliphatic carbocycles. The Balaban J connectivity index is 1.89. The molecule has 6 unspecified atom stereocenters. The van der Waals surface area contributed by atoms with Crippen molar-refractivity contribution < 1.29 is 91.7 Å². The first-order valence-electron chi connectivity index (χ1n) is 16.6. The van der Waals surface area contributed by atoms with Crippen LogP contribution in [-0.2, 0) is 33.2 Å². The Labute approximate surface area is 302 Å². The number of carbonyl (C=O) groups is 3.